The number of aromatic nitrogens is 2. The first-order valence-electron chi connectivity index (χ1n) is 6.58. The second-order valence-electron chi connectivity index (χ2n) is 5.12. The van der Waals surface area contributed by atoms with Crippen molar-refractivity contribution in [1.82, 2.24) is 15.3 Å². The van der Waals surface area contributed by atoms with Crippen LogP contribution in [0.2, 0.25) is 0 Å². The van der Waals surface area contributed by atoms with Crippen molar-refractivity contribution < 1.29 is 0 Å². The highest BCUT2D eigenvalue weighted by Gasteiger charge is 2.29. The maximum atomic E-state index is 4.81. The number of rotatable bonds is 4. The number of hydrogen-bond acceptors (Lipinski definition) is 2. The van der Waals surface area contributed by atoms with Crippen LogP contribution in [0.1, 0.15) is 35.7 Å². The van der Waals surface area contributed by atoms with Gasteiger partial charge < -0.3 is 10.3 Å². The van der Waals surface area contributed by atoms with E-state index >= 15 is 0 Å². The summed E-state index contributed by atoms with van der Waals surface area (Å²) < 4.78 is 0. The molecular weight excluding hydrogens is 222 g/mol. The minimum Gasteiger partial charge on any atom is -0.341 e. The predicted molar refractivity (Wildman–Crippen MR) is 73.5 cm³/mol. The lowest BCUT2D eigenvalue weighted by molar-refractivity contribution is 0.782. The molecule has 0 atom stereocenters. The van der Waals surface area contributed by atoms with Gasteiger partial charge in [0.1, 0.15) is 5.82 Å². The van der Waals surface area contributed by atoms with Gasteiger partial charge in [-0.1, -0.05) is 23.8 Å². The second-order valence-corrected chi connectivity index (χ2v) is 5.12. The van der Waals surface area contributed by atoms with Crippen LogP contribution in [0.15, 0.2) is 24.3 Å². The first-order chi connectivity index (χ1) is 8.78. The molecule has 1 fully saturated rings. The zero-order chi connectivity index (χ0) is 12.5. The molecule has 3 rings (SSSR count). The Morgan fingerprint density at radius 1 is 1.39 bits per heavy atom. The third-order valence-electron chi connectivity index (χ3n) is 3.42. The van der Waals surface area contributed by atoms with Gasteiger partial charge in [0.25, 0.3) is 0 Å². The number of H-pyrrole nitrogens is 1. The van der Waals surface area contributed by atoms with Gasteiger partial charge in [0.15, 0.2) is 0 Å². The van der Waals surface area contributed by atoms with Gasteiger partial charge in [0, 0.05) is 18.0 Å². The topological polar surface area (TPSA) is 40.7 Å². The van der Waals surface area contributed by atoms with Crippen LogP contribution in [0.3, 0.4) is 0 Å². The van der Waals surface area contributed by atoms with Crippen molar-refractivity contribution in [2.24, 2.45) is 0 Å². The Kier molecular flexibility index (Phi) is 2.92. The van der Waals surface area contributed by atoms with Crippen LogP contribution >= 0.6 is 0 Å². The fourth-order valence-corrected chi connectivity index (χ4v) is 2.36. The Labute approximate surface area is 108 Å². The van der Waals surface area contributed by atoms with E-state index in [4.69, 9.17) is 4.98 Å². The van der Waals surface area contributed by atoms with Gasteiger partial charge in [-0.25, -0.2) is 4.98 Å². The molecule has 0 aliphatic heterocycles. The molecular formula is C15H19N3. The van der Waals surface area contributed by atoms with Crippen LogP contribution in [-0.2, 0) is 6.54 Å². The number of nitrogens with zero attached hydrogens (tertiary/aromatic N) is 1. The molecule has 1 aliphatic carbocycles. The summed E-state index contributed by atoms with van der Waals surface area (Å²) >= 11 is 0. The quantitative estimate of drug-likeness (QED) is 0.864. The summed E-state index contributed by atoms with van der Waals surface area (Å²) in [6.07, 6.45) is 2.57. The summed E-state index contributed by atoms with van der Waals surface area (Å²) in [7, 11) is 1.98. The van der Waals surface area contributed by atoms with Crippen molar-refractivity contribution in [3.05, 3.63) is 41.2 Å². The van der Waals surface area contributed by atoms with Crippen molar-refractivity contribution >= 4 is 0 Å². The predicted octanol–water partition coefficient (Wildman–Crippen LogP) is 2.98. The lowest BCUT2D eigenvalue weighted by Crippen LogP contribution is -2.07. The molecule has 94 valence electrons. The normalized spacial score (nSPS) is 15.0. The Bertz CT molecular complexity index is 553. The first kappa shape index (κ1) is 11.5. The minimum absolute atomic E-state index is 0.683. The minimum atomic E-state index is 0.683. The Hall–Kier alpha value is -1.61. The molecule has 3 nitrogen and oxygen atoms in total. The molecule has 2 aromatic rings. The van der Waals surface area contributed by atoms with E-state index in [1.54, 1.807) is 0 Å². The third-order valence-corrected chi connectivity index (χ3v) is 3.42. The molecule has 1 aliphatic rings. The number of imidazole rings is 1. The molecule has 0 amide bonds. The van der Waals surface area contributed by atoms with Crippen LogP contribution in [0, 0.1) is 6.92 Å². The highest BCUT2D eigenvalue weighted by atomic mass is 15.0. The summed E-state index contributed by atoms with van der Waals surface area (Å²) in [6, 6.07) is 8.49. The van der Waals surface area contributed by atoms with Crippen molar-refractivity contribution in [2.45, 2.75) is 32.2 Å². The summed E-state index contributed by atoms with van der Waals surface area (Å²) in [5, 5.41) is 3.21. The summed E-state index contributed by atoms with van der Waals surface area (Å²) in [6.45, 7) is 2.98. The van der Waals surface area contributed by atoms with Gasteiger partial charge in [0.05, 0.1) is 11.4 Å². The van der Waals surface area contributed by atoms with Crippen LogP contribution in [0.25, 0.3) is 11.4 Å². The lowest BCUT2D eigenvalue weighted by atomic mass is 10.1. The fourth-order valence-electron chi connectivity index (χ4n) is 2.36. The second kappa shape index (κ2) is 4.58. The van der Waals surface area contributed by atoms with Gasteiger partial charge in [-0.05, 0) is 32.9 Å². The molecule has 1 aromatic heterocycles. The van der Waals surface area contributed by atoms with Crippen LogP contribution < -0.4 is 5.32 Å². The number of nitrogens with one attached hydrogen (secondary N) is 2. The molecule has 1 saturated carbocycles. The van der Waals surface area contributed by atoms with E-state index in [0.717, 1.165) is 12.4 Å². The molecule has 2 N–H and O–H groups in total. The molecule has 0 radical (unpaired) electrons. The molecule has 1 aromatic carbocycles. The number of aryl methyl sites for hydroxylation is 1. The first-order valence-corrected chi connectivity index (χ1v) is 6.58. The van der Waals surface area contributed by atoms with E-state index in [2.05, 4.69) is 41.5 Å². The largest absolute Gasteiger partial charge is 0.341 e. The number of benzene rings is 1. The van der Waals surface area contributed by atoms with Crippen LogP contribution in [0.4, 0.5) is 0 Å². The van der Waals surface area contributed by atoms with E-state index in [9.17, 15) is 0 Å². The van der Waals surface area contributed by atoms with Gasteiger partial charge in [-0.2, -0.15) is 0 Å². The zero-order valence-corrected chi connectivity index (χ0v) is 11.0. The monoisotopic (exact) mass is 241 g/mol. The molecule has 3 heteroatoms. The van der Waals surface area contributed by atoms with Gasteiger partial charge in [0.2, 0.25) is 0 Å². The molecule has 18 heavy (non-hydrogen) atoms. The highest BCUT2D eigenvalue weighted by molar-refractivity contribution is 5.57. The zero-order valence-electron chi connectivity index (χ0n) is 11.0. The van der Waals surface area contributed by atoms with Gasteiger partial charge in [-0.3, -0.25) is 0 Å². The maximum Gasteiger partial charge on any atom is 0.137 e. The van der Waals surface area contributed by atoms with Crippen molar-refractivity contribution in [3.63, 3.8) is 0 Å². The Balaban J connectivity index is 1.99. The molecule has 0 unspecified atom stereocenters. The maximum absolute atomic E-state index is 4.81. The van der Waals surface area contributed by atoms with Crippen LogP contribution in [-0.4, -0.2) is 17.0 Å². The molecule has 0 bridgehead atoms. The average molecular weight is 241 g/mol. The molecule has 0 spiro atoms. The van der Waals surface area contributed by atoms with Crippen molar-refractivity contribution in [1.29, 1.82) is 0 Å². The standard InChI is InChI=1S/C15H19N3/c1-10-4-3-5-12(8-10)15-17-13(9-16-2)14(18-15)11-6-7-11/h3-5,8,11,16H,6-7,9H2,1-2H3,(H,17,18). The van der Waals surface area contributed by atoms with E-state index in [1.807, 2.05) is 7.05 Å². The smallest absolute Gasteiger partial charge is 0.137 e. The highest BCUT2D eigenvalue weighted by Crippen LogP contribution is 2.41. The Morgan fingerprint density at radius 2 is 2.22 bits per heavy atom. The Morgan fingerprint density at radius 3 is 2.89 bits per heavy atom. The van der Waals surface area contributed by atoms with Gasteiger partial charge in [-0.15, -0.1) is 0 Å². The molecule has 1 heterocycles. The summed E-state index contributed by atoms with van der Waals surface area (Å²) in [5.41, 5.74) is 4.96. The lowest BCUT2D eigenvalue weighted by Gasteiger charge is -1.99. The third kappa shape index (κ3) is 2.18. The van der Waals surface area contributed by atoms with Crippen LogP contribution in [0.5, 0.6) is 0 Å². The van der Waals surface area contributed by atoms with E-state index in [0.29, 0.717) is 5.92 Å². The molecule has 0 saturated heterocycles. The van der Waals surface area contributed by atoms with Gasteiger partial charge >= 0.3 is 0 Å². The van der Waals surface area contributed by atoms with E-state index in [-0.39, 0.29) is 0 Å². The van der Waals surface area contributed by atoms with E-state index in [1.165, 1.54) is 35.4 Å². The number of aromatic amines is 1. The summed E-state index contributed by atoms with van der Waals surface area (Å²) in [5.74, 6) is 1.69. The fraction of sp³-hybridized carbons (Fsp3) is 0.400. The van der Waals surface area contributed by atoms with Crippen molar-refractivity contribution in [2.75, 3.05) is 7.05 Å². The van der Waals surface area contributed by atoms with E-state index < -0.39 is 0 Å². The SMILES string of the molecule is CNCc1[nH]c(-c2cccc(C)c2)nc1C1CC1. The average Bonchev–Trinajstić information content (AvgIpc) is 3.12. The summed E-state index contributed by atoms with van der Waals surface area (Å²) in [4.78, 5) is 8.28. The van der Waals surface area contributed by atoms with Crippen molar-refractivity contribution in [3.8, 4) is 11.4 Å². The number of hydrogen-bond donors (Lipinski definition) is 2.